The second-order valence-electron chi connectivity index (χ2n) is 2.93. The van der Waals surface area contributed by atoms with Crippen LogP contribution in [-0.2, 0) is 4.79 Å². The van der Waals surface area contributed by atoms with Gasteiger partial charge in [-0.15, -0.1) is 6.58 Å². The highest BCUT2D eigenvalue weighted by molar-refractivity contribution is 6.64. The number of benzene rings is 1. The Bertz CT molecular complexity index is 330. The number of rotatable bonds is 4. The minimum Gasteiger partial charge on any atom is -0.281 e. The van der Waals surface area contributed by atoms with Crippen LogP contribution in [0, 0.1) is 0 Å². The van der Waals surface area contributed by atoms with Gasteiger partial charge in [0.05, 0.1) is 5.92 Å². The molecule has 1 aromatic carbocycles. The minimum atomic E-state index is -0.368. The molecular formula is C11H10Cl2O. The van der Waals surface area contributed by atoms with Crippen LogP contribution in [0.4, 0.5) is 0 Å². The summed E-state index contributed by atoms with van der Waals surface area (Å²) < 4.78 is 0. The lowest BCUT2D eigenvalue weighted by Gasteiger charge is -2.09. The van der Waals surface area contributed by atoms with E-state index in [1.54, 1.807) is 30.3 Å². The molecule has 0 spiro atoms. The molecule has 3 heteroatoms. The maximum atomic E-state index is 11.1. The van der Waals surface area contributed by atoms with Crippen molar-refractivity contribution in [3.63, 3.8) is 0 Å². The standard InChI is InChI=1S/C11H10Cl2O/c1-2-3-10(11(13)14)8-4-6-9(12)7-5-8/h2,4-7,10H,1,3H2. The molecular weight excluding hydrogens is 219 g/mol. The summed E-state index contributed by atoms with van der Waals surface area (Å²) in [5.41, 5.74) is 0.870. The fraction of sp³-hybridized carbons (Fsp3) is 0.182. The maximum Gasteiger partial charge on any atom is 0.229 e. The van der Waals surface area contributed by atoms with Gasteiger partial charge in [0.15, 0.2) is 0 Å². The van der Waals surface area contributed by atoms with E-state index in [0.717, 1.165) is 5.56 Å². The Hall–Kier alpha value is -0.790. The van der Waals surface area contributed by atoms with Gasteiger partial charge in [0.1, 0.15) is 0 Å². The average Bonchev–Trinajstić information content (AvgIpc) is 2.15. The summed E-state index contributed by atoms with van der Waals surface area (Å²) >= 11 is 11.2. The van der Waals surface area contributed by atoms with Crippen molar-refractivity contribution in [3.05, 3.63) is 47.5 Å². The number of carbonyl (C=O) groups excluding carboxylic acids is 1. The number of carbonyl (C=O) groups is 1. The third kappa shape index (κ3) is 2.86. The van der Waals surface area contributed by atoms with E-state index < -0.39 is 0 Å². The second kappa shape index (κ2) is 5.18. The van der Waals surface area contributed by atoms with Gasteiger partial charge in [-0.1, -0.05) is 29.8 Å². The van der Waals surface area contributed by atoms with Crippen LogP contribution in [0.2, 0.25) is 5.02 Å². The molecule has 74 valence electrons. The zero-order valence-corrected chi connectivity index (χ0v) is 9.05. The van der Waals surface area contributed by atoms with Gasteiger partial charge >= 0.3 is 0 Å². The Labute approximate surface area is 93.3 Å². The quantitative estimate of drug-likeness (QED) is 0.567. The van der Waals surface area contributed by atoms with Crippen molar-refractivity contribution in [2.75, 3.05) is 0 Å². The van der Waals surface area contributed by atoms with Crippen molar-refractivity contribution < 1.29 is 4.79 Å². The zero-order chi connectivity index (χ0) is 10.6. The van der Waals surface area contributed by atoms with Crippen LogP contribution in [0.15, 0.2) is 36.9 Å². The molecule has 0 saturated heterocycles. The Kier molecular flexibility index (Phi) is 4.18. The minimum absolute atomic E-state index is 0.313. The van der Waals surface area contributed by atoms with Crippen LogP contribution >= 0.6 is 23.2 Å². The number of hydrogen-bond acceptors (Lipinski definition) is 1. The van der Waals surface area contributed by atoms with E-state index >= 15 is 0 Å². The van der Waals surface area contributed by atoms with E-state index in [1.807, 2.05) is 0 Å². The highest BCUT2D eigenvalue weighted by Gasteiger charge is 2.16. The van der Waals surface area contributed by atoms with Crippen molar-refractivity contribution in [2.45, 2.75) is 12.3 Å². The summed E-state index contributed by atoms with van der Waals surface area (Å²) in [7, 11) is 0. The number of halogens is 2. The lowest BCUT2D eigenvalue weighted by Crippen LogP contribution is -2.05. The van der Waals surface area contributed by atoms with Crippen molar-refractivity contribution >= 4 is 28.4 Å². The van der Waals surface area contributed by atoms with Gasteiger partial charge in [0.2, 0.25) is 5.24 Å². The van der Waals surface area contributed by atoms with E-state index in [1.165, 1.54) is 0 Å². The fourth-order valence-electron chi connectivity index (χ4n) is 1.22. The summed E-state index contributed by atoms with van der Waals surface area (Å²) in [6, 6.07) is 7.09. The van der Waals surface area contributed by atoms with Gasteiger partial charge in [-0.3, -0.25) is 4.79 Å². The molecule has 0 aliphatic carbocycles. The Balaban J connectivity index is 2.93. The lowest BCUT2D eigenvalue weighted by atomic mass is 9.97. The summed E-state index contributed by atoms with van der Waals surface area (Å²) in [6.07, 6.45) is 2.23. The average molecular weight is 229 g/mol. The summed E-state index contributed by atoms with van der Waals surface area (Å²) in [5.74, 6) is -0.313. The Morgan fingerprint density at radius 3 is 2.43 bits per heavy atom. The molecule has 0 N–H and O–H groups in total. The van der Waals surface area contributed by atoms with Crippen LogP contribution in [0.5, 0.6) is 0 Å². The first-order chi connectivity index (χ1) is 6.65. The van der Waals surface area contributed by atoms with Crippen molar-refractivity contribution in [1.82, 2.24) is 0 Å². The fourth-order valence-corrected chi connectivity index (χ4v) is 1.56. The Morgan fingerprint density at radius 2 is 2.00 bits per heavy atom. The molecule has 0 fully saturated rings. The molecule has 1 atom stereocenters. The van der Waals surface area contributed by atoms with Crippen LogP contribution < -0.4 is 0 Å². The first-order valence-corrected chi connectivity index (χ1v) is 4.96. The van der Waals surface area contributed by atoms with E-state index in [9.17, 15) is 4.79 Å². The van der Waals surface area contributed by atoms with E-state index in [2.05, 4.69) is 6.58 Å². The maximum absolute atomic E-state index is 11.1. The molecule has 0 aliphatic rings. The molecule has 0 saturated carbocycles. The summed E-state index contributed by atoms with van der Waals surface area (Å²) in [4.78, 5) is 11.1. The van der Waals surface area contributed by atoms with Crippen molar-refractivity contribution in [1.29, 1.82) is 0 Å². The summed E-state index contributed by atoms with van der Waals surface area (Å²) in [5, 5.41) is 0.278. The number of allylic oxidation sites excluding steroid dienone is 1. The van der Waals surface area contributed by atoms with Gasteiger partial charge in [-0.05, 0) is 35.7 Å². The molecule has 0 amide bonds. The molecule has 0 aliphatic heterocycles. The van der Waals surface area contributed by atoms with Crippen LogP contribution in [0.1, 0.15) is 17.9 Å². The highest BCUT2D eigenvalue weighted by Crippen LogP contribution is 2.24. The van der Waals surface area contributed by atoms with Gasteiger partial charge in [-0.2, -0.15) is 0 Å². The van der Waals surface area contributed by atoms with Crippen LogP contribution in [-0.4, -0.2) is 5.24 Å². The lowest BCUT2D eigenvalue weighted by molar-refractivity contribution is -0.112. The predicted octanol–water partition coefficient (Wildman–Crippen LogP) is 3.77. The van der Waals surface area contributed by atoms with Gasteiger partial charge in [0, 0.05) is 5.02 Å². The summed E-state index contributed by atoms with van der Waals surface area (Å²) in [6.45, 7) is 3.59. The molecule has 0 radical (unpaired) electrons. The van der Waals surface area contributed by atoms with E-state index in [0.29, 0.717) is 11.4 Å². The first kappa shape index (κ1) is 11.3. The SMILES string of the molecule is C=CCC(C(=O)Cl)c1ccc(Cl)cc1. The van der Waals surface area contributed by atoms with Crippen LogP contribution in [0.3, 0.4) is 0 Å². The predicted molar refractivity (Wildman–Crippen MR) is 59.9 cm³/mol. The monoisotopic (exact) mass is 228 g/mol. The highest BCUT2D eigenvalue weighted by atomic mass is 35.5. The molecule has 0 aromatic heterocycles. The number of hydrogen-bond donors (Lipinski definition) is 0. The normalized spacial score (nSPS) is 12.1. The van der Waals surface area contributed by atoms with Gasteiger partial charge in [-0.25, -0.2) is 0 Å². The van der Waals surface area contributed by atoms with Gasteiger partial charge in [0.25, 0.3) is 0 Å². The molecule has 0 bridgehead atoms. The topological polar surface area (TPSA) is 17.1 Å². The molecule has 1 unspecified atom stereocenters. The van der Waals surface area contributed by atoms with E-state index in [4.69, 9.17) is 23.2 Å². The molecule has 1 aromatic rings. The van der Waals surface area contributed by atoms with Crippen LogP contribution in [0.25, 0.3) is 0 Å². The van der Waals surface area contributed by atoms with Crippen molar-refractivity contribution in [2.24, 2.45) is 0 Å². The smallest absolute Gasteiger partial charge is 0.229 e. The Morgan fingerprint density at radius 1 is 1.43 bits per heavy atom. The third-order valence-corrected chi connectivity index (χ3v) is 2.46. The molecule has 1 nitrogen and oxygen atoms in total. The molecule has 0 heterocycles. The van der Waals surface area contributed by atoms with E-state index in [-0.39, 0.29) is 11.2 Å². The molecule has 14 heavy (non-hydrogen) atoms. The first-order valence-electron chi connectivity index (χ1n) is 4.21. The second-order valence-corrected chi connectivity index (χ2v) is 3.74. The van der Waals surface area contributed by atoms with Gasteiger partial charge < -0.3 is 0 Å². The largest absolute Gasteiger partial charge is 0.281 e. The van der Waals surface area contributed by atoms with Crippen molar-refractivity contribution in [3.8, 4) is 0 Å². The third-order valence-electron chi connectivity index (χ3n) is 1.95. The molecule has 1 rings (SSSR count). The zero-order valence-electron chi connectivity index (χ0n) is 7.54.